The van der Waals surface area contributed by atoms with Crippen LogP contribution in [0, 0.1) is 6.92 Å². The highest BCUT2D eigenvalue weighted by atomic mass is 16.5. The quantitative estimate of drug-likeness (QED) is 0.710. The molecule has 0 aliphatic carbocycles. The fourth-order valence-corrected chi connectivity index (χ4v) is 4.64. The number of likely N-dealkylation sites (N-methyl/N-ethyl adjacent to an activating group) is 1. The van der Waals surface area contributed by atoms with Gasteiger partial charge >= 0.3 is 0 Å². The van der Waals surface area contributed by atoms with Crippen LogP contribution in [0.25, 0.3) is 10.9 Å². The van der Waals surface area contributed by atoms with Gasteiger partial charge < -0.3 is 19.9 Å². The SMILES string of the molecule is Cc1cc2c3c(c(NC(C)C)nc2cc1OCCCN1CCCC1)CN(C)CC3. The van der Waals surface area contributed by atoms with Crippen LogP contribution in [0.1, 0.15) is 49.8 Å². The Morgan fingerprint density at radius 3 is 2.69 bits per heavy atom. The van der Waals surface area contributed by atoms with Gasteiger partial charge in [0.15, 0.2) is 0 Å². The van der Waals surface area contributed by atoms with Crippen molar-refractivity contribution in [3.05, 3.63) is 28.8 Å². The van der Waals surface area contributed by atoms with E-state index in [1.165, 1.54) is 48.0 Å². The van der Waals surface area contributed by atoms with Crippen molar-refractivity contribution < 1.29 is 4.74 Å². The molecule has 1 saturated heterocycles. The molecule has 2 aliphatic rings. The predicted molar refractivity (Wildman–Crippen MR) is 121 cm³/mol. The second-order valence-corrected chi connectivity index (χ2v) is 9.09. The van der Waals surface area contributed by atoms with Gasteiger partial charge in [0.1, 0.15) is 11.6 Å². The van der Waals surface area contributed by atoms with Gasteiger partial charge in [0, 0.05) is 42.7 Å². The highest BCUT2D eigenvalue weighted by Gasteiger charge is 2.22. The maximum atomic E-state index is 6.19. The van der Waals surface area contributed by atoms with Crippen LogP contribution in [0.2, 0.25) is 0 Å². The van der Waals surface area contributed by atoms with Gasteiger partial charge in [-0.05, 0) is 83.8 Å². The number of hydrogen-bond acceptors (Lipinski definition) is 5. The van der Waals surface area contributed by atoms with E-state index in [2.05, 4.69) is 55.1 Å². The Labute approximate surface area is 175 Å². The van der Waals surface area contributed by atoms with E-state index in [0.717, 1.165) is 56.2 Å². The lowest BCUT2D eigenvalue weighted by Crippen LogP contribution is -2.28. The number of pyridine rings is 1. The van der Waals surface area contributed by atoms with E-state index in [1.807, 2.05) is 0 Å². The van der Waals surface area contributed by atoms with Gasteiger partial charge in [-0.1, -0.05) is 0 Å². The summed E-state index contributed by atoms with van der Waals surface area (Å²) in [5.41, 5.74) is 5.08. The minimum atomic E-state index is 0.364. The van der Waals surface area contributed by atoms with Crippen molar-refractivity contribution >= 4 is 16.7 Å². The van der Waals surface area contributed by atoms with Crippen molar-refractivity contribution in [1.82, 2.24) is 14.8 Å². The molecule has 29 heavy (non-hydrogen) atoms. The molecule has 4 rings (SSSR count). The first-order chi connectivity index (χ1) is 14.0. The number of aromatic nitrogens is 1. The molecule has 2 aliphatic heterocycles. The summed E-state index contributed by atoms with van der Waals surface area (Å²) >= 11 is 0. The molecule has 1 fully saturated rings. The van der Waals surface area contributed by atoms with Crippen molar-refractivity contribution in [2.75, 3.05) is 45.2 Å². The molecule has 1 N–H and O–H groups in total. The number of ether oxygens (including phenoxy) is 1. The number of nitrogens with zero attached hydrogens (tertiary/aromatic N) is 3. The topological polar surface area (TPSA) is 40.6 Å². The van der Waals surface area contributed by atoms with Crippen LogP contribution >= 0.6 is 0 Å². The first kappa shape index (κ1) is 20.4. The molecular weight excluding hydrogens is 360 g/mol. The van der Waals surface area contributed by atoms with Crippen LogP contribution < -0.4 is 10.1 Å². The van der Waals surface area contributed by atoms with E-state index in [9.17, 15) is 0 Å². The summed E-state index contributed by atoms with van der Waals surface area (Å²) in [6, 6.07) is 4.81. The van der Waals surface area contributed by atoms with Crippen LogP contribution in [-0.4, -0.2) is 60.7 Å². The van der Waals surface area contributed by atoms with Gasteiger partial charge in [-0.2, -0.15) is 0 Å². The van der Waals surface area contributed by atoms with Crippen molar-refractivity contribution in [3.8, 4) is 5.75 Å². The van der Waals surface area contributed by atoms with Crippen LogP contribution in [0.3, 0.4) is 0 Å². The molecule has 1 aromatic carbocycles. The van der Waals surface area contributed by atoms with Crippen LogP contribution in [0.5, 0.6) is 5.75 Å². The Morgan fingerprint density at radius 1 is 1.14 bits per heavy atom. The van der Waals surface area contributed by atoms with Crippen LogP contribution in [0.15, 0.2) is 12.1 Å². The summed E-state index contributed by atoms with van der Waals surface area (Å²) < 4.78 is 6.19. The lowest BCUT2D eigenvalue weighted by Gasteiger charge is -2.29. The number of fused-ring (bicyclic) bond motifs is 3. The zero-order chi connectivity index (χ0) is 20.4. The summed E-state index contributed by atoms with van der Waals surface area (Å²) in [5, 5.41) is 4.87. The van der Waals surface area contributed by atoms with Gasteiger partial charge in [-0.3, -0.25) is 0 Å². The monoisotopic (exact) mass is 396 g/mol. The fraction of sp³-hybridized carbons (Fsp3) is 0.625. The van der Waals surface area contributed by atoms with Crippen molar-refractivity contribution in [2.45, 2.75) is 59.0 Å². The van der Waals surface area contributed by atoms with E-state index >= 15 is 0 Å². The van der Waals surface area contributed by atoms with E-state index < -0.39 is 0 Å². The first-order valence-corrected chi connectivity index (χ1v) is 11.3. The van der Waals surface area contributed by atoms with Crippen molar-refractivity contribution in [2.24, 2.45) is 0 Å². The zero-order valence-electron chi connectivity index (χ0n) is 18.6. The minimum Gasteiger partial charge on any atom is -0.493 e. The molecule has 0 spiro atoms. The standard InChI is InChI=1S/C24H36N4O/c1-17(2)25-24-21-16-27(4)12-8-19(21)20-14-18(3)23(15-22(20)26-24)29-13-7-11-28-9-5-6-10-28/h14-15,17H,5-13,16H2,1-4H3,(H,25,26). The summed E-state index contributed by atoms with van der Waals surface area (Å²) in [7, 11) is 2.19. The molecule has 5 nitrogen and oxygen atoms in total. The summed E-state index contributed by atoms with van der Waals surface area (Å²) in [6.07, 6.45) is 4.86. The number of aryl methyl sites for hydroxylation is 1. The van der Waals surface area contributed by atoms with E-state index in [4.69, 9.17) is 9.72 Å². The maximum absolute atomic E-state index is 6.19. The molecule has 158 valence electrons. The van der Waals surface area contributed by atoms with Gasteiger partial charge in [-0.15, -0.1) is 0 Å². The van der Waals surface area contributed by atoms with E-state index in [0.29, 0.717) is 6.04 Å². The predicted octanol–water partition coefficient (Wildman–Crippen LogP) is 4.22. The Hall–Kier alpha value is -1.85. The molecule has 0 saturated carbocycles. The Morgan fingerprint density at radius 2 is 1.93 bits per heavy atom. The van der Waals surface area contributed by atoms with Crippen molar-refractivity contribution in [3.63, 3.8) is 0 Å². The molecule has 5 heteroatoms. The normalized spacial score (nSPS) is 17.8. The summed E-state index contributed by atoms with van der Waals surface area (Å²) in [6.45, 7) is 13.0. The average molecular weight is 397 g/mol. The lowest BCUT2D eigenvalue weighted by molar-refractivity contribution is 0.262. The lowest BCUT2D eigenvalue weighted by atomic mass is 9.94. The smallest absolute Gasteiger partial charge is 0.131 e. The third-order valence-corrected chi connectivity index (χ3v) is 6.17. The maximum Gasteiger partial charge on any atom is 0.131 e. The Kier molecular flexibility index (Phi) is 6.26. The summed E-state index contributed by atoms with van der Waals surface area (Å²) in [5.74, 6) is 2.02. The highest BCUT2D eigenvalue weighted by molar-refractivity contribution is 5.88. The average Bonchev–Trinajstić information content (AvgIpc) is 3.19. The first-order valence-electron chi connectivity index (χ1n) is 11.3. The molecule has 0 bridgehead atoms. The fourth-order valence-electron chi connectivity index (χ4n) is 4.64. The highest BCUT2D eigenvalue weighted by Crippen LogP contribution is 2.34. The van der Waals surface area contributed by atoms with Crippen LogP contribution in [0.4, 0.5) is 5.82 Å². The van der Waals surface area contributed by atoms with Gasteiger partial charge in [0.05, 0.1) is 12.1 Å². The second-order valence-electron chi connectivity index (χ2n) is 9.09. The number of benzene rings is 1. The molecular formula is C24H36N4O. The minimum absolute atomic E-state index is 0.364. The number of anilines is 1. The van der Waals surface area contributed by atoms with E-state index in [-0.39, 0.29) is 0 Å². The van der Waals surface area contributed by atoms with Gasteiger partial charge in [0.2, 0.25) is 0 Å². The second kappa shape index (κ2) is 8.88. The van der Waals surface area contributed by atoms with Gasteiger partial charge in [-0.25, -0.2) is 4.98 Å². The third-order valence-electron chi connectivity index (χ3n) is 6.17. The zero-order valence-corrected chi connectivity index (χ0v) is 18.6. The number of likely N-dealkylation sites (tertiary alicyclic amines) is 1. The molecule has 0 radical (unpaired) electrons. The Bertz CT molecular complexity index is 858. The Balaban J connectivity index is 1.57. The largest absolute Gasteiger partial charge is 0.493 e. The molecule has 3 heterocycles. The van der Waals surface area contributed by atoms with Crippen LogP contribution in [-0.2, 0) is 13.0 Å². The molecule has 2 aromatic rings. The number of nitrogens with one attached hydrogen (secondary N) is 1. The summed E-state index contributed by atoms with van der Waals surface area (Å²) in [4.78, 5) is 9.96. The number of hydrogen-bond donors (Lipinski definition) is 1. The number of rotatable bonds is 7. The molecule has 1 aromatic heterocycles. The van der Waals surface area contributed by atoms with Crippen molar-refractivity contribution in [1.29, 1.82) is 0 Å². The molecule has 0 amide bonds. The molecule has 0 atom stereocenters. The van der Waals surface area contributed by atoms with Gasteiger partial charge in [0.25, 0.3) is 0 Å². The molecule has 0 unspecified atom stereocenters. The third kappa shape index (κ3) is 4.67. The van der Waals surface area contributed by atoms with E-state index in [1.54, 1.807) is 0 Å².